The van der Waals surface area contributed by atoms with E-state index in [2.05, 4.69) is 36.6 Å². The molecule has 104 valence electrons. The van der Waals surface area contributed by atoms with Crippen LogP contribution < -0.4 is 16.0 Å². The standard InChI is InChI=1S/C16H24N2O/c1-2-10-19-12-8-6-11(7-9-12)16(18-17)15-13-4-3-5-14(13)15/h6-9,13-16,18H,2-5,10,17H2,1H3. The number of ether oxygens (including phenoxy) is 1. The molecular formula is C16H24N2O. The first-order valence-corrected chi connectivity index (χ1v) is 7.54. The van der Waals surface area contributed by atoms with Crippen LogP contribution in [0.5, 0.6) is 5.75 Å². The average molecular weight is 260 g/mol. The van der Waals surface area contributed by atoms with Crippen LogP contribution >= 0.6 is 0 Å². The predicted molar refractivity (Wildman–Crippen MR) is 76.6 cm³/mol. The lowest BCUT2D eigenvalue weighted by Crippen LogP contribution is -2.30. The topological polar surface area (TPSA) is 47.3 Å². The summed E-state index contributed by atoms with van der Waals surface area (Å²) in [5.41, 5.74) is 4.33. The van der Waals surface area contributed by atoms with Crippen LogP contribution in [0.1, 0.15) is 44.2 Å². The van der Waals surface area contributed by atoms with Crippen molar-refractivity contribution >= 4 is 0 Å². The van der Waals surface area contributed by atoms with Crippen molar-refractivity contribution in [1.82, 2.24) is 5.43 Å². The molecule has 3 atom stereocenters. The zero-order valence-corrected chi connectivity index (χ0v) is 11.6. The Morgan fingerprint density at radius 3 is 2.53 bits per heavy atom. The van der Waals surface area contributed by atoms with Crippen molar-refractivity contribution in [3.63, 3.8) is 0 Å². The van der Waals surface area contributed by atoms with Crippen LogP contribution in [-0.4, -0.2) is 6.61 Å². The van der Waals surface area contributed by atoms with Gasteiger partial charge in [0.2, 0.25) is 0 Å². The summed E-state index contributed by atoms with van der Waals surface area (Å²) in [6.45, 7) is 2.90. The van der Waals surface area contributed by atoms with Gasteiger partial charge < -0.3 is 4.74 Å². The third-order valence-corrected chi connectivity index (χ3v) is 4.75. The molecule has 3 unspecified atom stereocenters. The number of nitrogens with one attached hydrogen (secondary N) is 1. The number of benzene rings is 1. The van der Waals surface area contributed by atoms with E-state index in [1.165, 1.54) is 24.8 Å². The number of hydrogen-bond acceptors (Lipinski definition) is 3. The molecule has 2 saturated carbocycles. The first-order chi connectivity index (χ1) is 9.35. The molecule has 3 nitrogen and oxygen atoms in total. The van der Waals surface area contributed by atoms with Crippen LogP contribution in [0, 0.1) is 17.8 Å². The van der Waals surface area contributed by atoms with Gasteiger partial charge in [0.05, 0.1) is 6.61 Å². The molecule has 2 aliphatic rings. The van der Waals surface area contributed by atoms with Crippen molar-refractivity contribution < 1.29 is 4.74 Å². The molecule has 0 aliphatic heterocycles. The molecule has 3 rings (SSSR count). The van der Waals surface area contributed by atoms with Gasteiger partial charge in [0, 0.05) is 6.04 Å². The molecular weight excluding hydrogens is 236 g/mol. The van der Waals surface area contributed by atoms with E-state index in [-0.39, 0.29) is 0 Å². The minimum atomic E-state index is 0.315. The molecule has 0 radical (unpaired) electrons. The normalized spacial score (nSPS) is 29.9. The highest BCUT2D eigenvalue weighted by atomic mass is 16.5. The molecule has 3 heteroatoms. The Morgan fingerprint density at radius 2 is 1.95 bits per heavy atom. The molecule has 1 aromatic carbocycles. The minimum absolute atomic E-state index is 0.315. The van der Waals surface area contributed by atoms with Crippen molar-refractivity contribution in [1.29, 1.82) is 0 Å². The second-order valence-corrected chi connectivity index (χ2v) is 5.90. The number of fused-ring (bicyclic) bond motifs is 1. The van der Waals surface area contributed by atoms with Crippen molar-refractivity contribution in [3.8, 4) is 5.75 Å². The molecule has 3 N–H and O–H groups in total. The SMILES string of the molecule is CCCOc1ccc(C(NN)C2C3CCCC32)cc1. The summed E-state index contributed by atoms with van der Waals surface area (Å²) >= 11 is 0. The van der Waals surface area contributed by atoms with Crippen LogP contribution in [0.2, 0.25) is 0 Å². The summed E-state index contributed by atoms with van der Waals surface area (Å²) in [5.74, 6) is 9.32. The van der Waals surface area contributed by atoms with Gasteiger partial charge in [0.25, 0.3) is 0 Å². The highest BCUT2D eigenvalue weighted by molar-refractivity contribution is 5.31. The van der Waals surface area contributed by atoms with E-state index in [1.807, 2.05) is 0 Å². The zero-order chi connectivity index (χ0) is 13.2. The lowest BCUT2D eigenvalue weighted by molar-refractivity contribution is 0.317. The molecule has 1 aromatic rings. The van der Waals surface area contributed by atoms with Crippen molar-refractivity contribution in [2.75, 3.05) is 6.61 Å². The summed E-state index contributed by atoms with van der Waals surface area (Å²) in [5, 5.41) is 0. The fourth-order valence-electron chi connectivity index (χ4n) is 3.79. The maximum absolute atomic E-state index is 5.79. The van der Waals surface area contributed by atoms with Gasteiger partial charge in [-0.3, -0.25) is 11.3 Å². The van der Waals surface area contributed by atoms with Gasteiger partial charge in [0.1, 0.15) is 5.75 Å². The van der Waals surface area contributed by atoms with E-state index in [9.17, 15) is 0 Å². The second kappa shape index (κ2) is 5.51. The first kappa shape index (κ1) is 12.9. The lowest BCUT2D eigenvalue weighted by Gasteiger charge is -2.18. The van der Waals surface area contributed by atoms with Gasteiger partial charge in [-0.2, -0.15) is 0 Å². The largest absolute Gasteiger partial charge is 0.494 e. The summed E-state index contributed by atoms with van der Waals surface area (Å²) in [6.07, 6.45) is 5.24. The Morgan fingerprint density at radius 1 is 1.26 bits per heavy atom. The van der Waals surface area contributed by atoms with Gasteiger partial charge in [-0.1, -0.05) is 25.5 Å². The molecule has 0 saturated heterocycles. The van der Waals surface area contributed by atoms with Crippen molar-refractivity contribution in [2.45, 2.75) is 38.6 Å². The van der Waals surface area contributed by atoms with E-state index < -0.39 is 0 Å². The van der Waals surface area contributed by atoms with E-state index >= 15 is 0 Å². The van der Waals surface area contributed by atoms with E-state index in [4.69, 9.17) is 10.6 Å². The number of rotatable bonds is 6. The van der Waals surface area contributed by atoms with Crippen molar-refractivity contribution in [3.05, 3.63) is 29.8 Å². The molecule has 0 aromatic heterocycles. The summed E-state index contributed by atoms with van der Waals surface area (Å²) in [4.78, 5) is 0. The highest BCUT2D eigenvalue weighted by Gasteiger charge is 2.55. The zero-order valence-electron chi connectivity index (χ0n) is 11.6. The average Bonchev–Trinajstić information content (AvgIpc) is 2.91. The fraction of sp³-hybridized carbons (Fsp3) is 0.625. The monoisotopic (exact) mass is 260 g/mol. The summed E-state index contributed by atoms with van der Waals surface area (Å²) < 4.78 is 5.62. The van der Waals surface area contributed by atoms with E-state index in [0.717, 1.165) is 36.5 Å². The quantitative estimate of drug-likeness (QED) is 0.610. The Bertz CT molecular complexity index is 407. The van der Waals surface area contributed by atoms with Gasteiger partial charge in [0.15, 0.2) is 0 Å². The van der Waals surface area contributed by atoms with Crippen LogP contribution in [0.3, 0.4) is 0 Å². The van der Waals surface area contributed by atoms with Crippen LogP contribution in [0.25, 0.3) is 0 Å². The predicted octanol–water partition coefficient (Wildman–Crippen LogP) is 3.03. The van der Waals surface area contributed by atoms with Crippen molar-refractivity contribution in [2.24, 2.45) is 23.6 Å². The minimum Gasteiger partial charge on any atom is -0.494 e. The molecule has 0 spiro atoms. The third kappa shape index (κ3) is 2.49. The van der Waals surface area contributed by atoms with E-state index in [1.54, 1.807) is 0 Å². The number of hydrogen-bond donors (Lipinski definition) is 2. The highest BCUT2D eigenvalue weighted by Crippen LogP contribution is 2.62. The van der Waals surface area contributed by atoms with Gasteiger partial charge in [-0.15, -0.1) is 0 Å². The summed E-state index contributed by atoms with van der Waals surface area (Å²) in [6, 6.07) is 8.75. The summed E-state index contributed by atoms with van der Waals surface area (Å²) in [7, 11) is 0. The second-order valence-electron chi connectivity index (χ2n) is 5.90. The molecule has 0 bridgehead atoms. The van der Waals surface area contributed by atoms with Gasteiger partial charge in [-0.05, 0) is 54.7 Å². The smallest absolute Gasteiger partial charge is 0.119 e. The van der Waals surface area contributed by atoms with Crippen LogP contribution in [0.4, 0.5) is 0 Å². The van der Waals surface area contributed by atoms with Crippen LogP contribution in [-0.2, 0) is 0 Å². The maximum Gasteiger partial charge on any atom is 0.119 e. The Labute approximate surface area is 115 Å². The van der Waals surface area contributed by atoms with E-state index in [0.29, 0.717) is 6.04 Å². The molecule has 2 aliphatic carbocycles. The Balaban J connectivity index is 1.66. The lowest BCUT2D eigenvalue weighted by atomic mass is 9.97. The maximum atomic E-state index is 5.79. The van der Waals surface area contributed by atoms with Crippen LogP contribution in [0.15, 0.2) is 24.3 Å². The molecule has 0 amide bonds. The molecule has 19 heavy (non-hydrogen) atoms. The number of hydrazine groups is 1. The Kier molecular flexibility index (Phi) is 3.76. The number of nitrogens with two attached hydrogens (primary N) is 1. The van der Waals surface area contributed by atoms with Gasteiger partial charge >= 0.3 is 0 Å². The first-order valence-electron chi connectivity index (χ1n) is 7.54. The third-order valence-electron chi connectivity index (χ3n) is 4.75. The molecule has 0 heterocycles. The fourth-order valence-corrected chi connectivity index (χ4v) is 3.79. The molecule has 2 fully saturated rings. The Hall–Kier alpha value is -1.06. The van der Waals surface area contributed by atoms with Gasteiger partial charge in [-0.25, -0.2) is 0 Å².